The number of hydrogen-bond acceptors (Lipinski definition) is 7. The standard InChI is InChI=1S/C27H35BO7/c1-27(2,3)16-15-25(29)32-18-5-4-17-31-23-11-7-21(8-12-23)26(30)35-24-13-9-22(10-14-24)28-33-19-6-20-34-28/h7-14H,4-6,15-20H2,1-3H3. The Balaban J connectivity index is 1.33. The number of ether oxygens (including phenoxy) is 3. The lowest BCUT2D eigenvalue weighted by Gasteiger charge is -2.19. The molecule has 7 nitrogen and oxygen atoms in total. The summed E-state index contributed by atoms with van der Waals surface area (Å²) in [4.78, 5) is 24.2. The Morgan fingerprint density at radius 2 is 1.51 bits per heavy atom. The summed E-state index contributed by atoms with van der Waals surface area (Å²) >= 11 is 0. The van der Waals surface area contributed by atoms with Crippen LogP contribution in [0, 0.1) is 5.41 Å². The molecule has 0 atom stereocenters. The summed E-state index contributed by atoms with van der Waals surface area (Å²) < 4.78 is 27.6. The van der Waals surface area contributed by atoms with Gasteiger partial charge in [0.2, 0.25) is 0 Å². The van der Waals surface area contributed by atoms with Crippen LogP contribution in [-0.2, 0) is 18.8 Å². The number of unbranched alkanes of at least 4 members (excludes halogenated alkanes) is 1. The van der Waals surface area contributed by atoms with E-state index in [9.17, 15) is 9.59 Å². The van der Waals surface area contributed by atoms with Gasteiger partial charge in [-0.3, -0.25) is 4.79 Å². The second-order valence-corrected chi connectivity index (χ2v) is 9.75. The number of esters is 2. The molecule has 0 saturated carbocycles. The molecule has 0 spiro atoms. The highest BCUT2D eigenvalue weighted by atomic mass is 16.6. The predicted molar refractivity (Wildman–Crippen MR) is 134 cm³/mol. The third kappa shape index (κ3) is 9.74. The summed E-state index contributed by atoms with van der Waals surface area (Å²) in [5, 5.41) is 0. The maximum Gasteiger partial charge on any atom is 0.493 e. The molecule has 0 aliphatic carbocycles. The average Bonchev–Trinajstić information content (AvgIpc) is 2.86. The molecule has 0 bridgehead atoms. The molecule has 2 aromatic rings. The van der Waals surface area contributed by atoms with Crippen LogP contribution in [0.3, 0.4) is 0 Å². The average molecular weight is 482 g/mol. The normalized spacial score (nSPS) is 13.9. The highest BCUT2D eigenvalue weighted by molar-refractivity contribution is 6.61. The largest absolute Gasteiger partial charge is 0.494 e. The van der Waals surface area contributed by atoms with Crippen LogP contribution < -0.4 is 14.9 Å². The summed E-state index contributed by atoms with van der Waals surface area (Å²) in [6.45, 7) is 8.58. The Hall–Kier alpha value is -2.84. The van der Waals surface area contributed by atoms with Gasteiger partial charge in [0.05, 0.1) is 18.8 Å². The van der Waals surface area contributed by atoms with Crippen molar-refractivity contribution in [2.45, 2.75) is 52.9 Å². The van der Waals surface area contributed by atoms with E-state index in [2.05, 4.69) is 20.8 Å². The van der Waals surface area contributed by atoms with Gasteiger partial charge in [-0.2, -0.15) is 0 Å². The fourth-order valence-corrected chi connectivity index (χ4v) is 3.36. The zero-order chi connectivity index (χ0) is 25.1. The molecular formula is C27H35BO7. The molecule has 0 aromatic heterocycles. The summed E-state index contributed by atoms with van der Waals surface area (Å²) in [6, 6.07) is 14.0. The van der Waals surface area contributed by atoms with Gasteiger partial charge in [-0.25, -0.2) is 4.79 Å². The molecule has 1 aliphatic rings. The smallest absolute Gasteiger partial charge is 0.493 e. The van der Waals surface area contributed by atoms with E-state index in [1.807, 2.05) is 12.1 Å². The monoisotopic (exact) mass is 482 g/mol. The lowest BCUT2D eigenvalue weighted by Crippen LogP contribution is -2.40. The van der Waals surface area contributed by atoms with Crippen molar-refractivity contribution in [2.24, 2.45) is 5.41 Å². The molecule has 0 N–H and O–H groups in total. The summed E-state index contributed by atoms with van der Waals surface area (Å²) in [5.41, 5.74) is 1.46. The van der Waals surface area contributed by atoms with Crippen LogP contribution in [0.2, 0.25) is 0 Å². The second-order valence-electron chi connectivity index (χ2n) is 9.75. The van der Waals surface area contributed by atoms with Crippen molar-refractivity contribution in [3.8, 4) is 11.5 Å². The minimum Gasteiger partial charge on any atom is -0.494 e. The van der Waals surface area contributed by atoms with E-state index < -0.39 is 5.97 Å². The fourth-order valence-electron chi connectivity index (χ4n) is 3.36. The first-order valence-electron chi connectivity index (χ1n) is 12.2. The topological polar surface area (TPSA) is 80.3 Å². The molecule has 1 saturated heterocycles. The van der Waals surface area contributed by atoms with Gasteiger partial charge in [-0.1, -0.05) is 32.9 Å². The quantitative estimate of drug-likeness (QED) is 0.201. The van der Waals surface area contributed by atoms with Crippen LogP contribution in [0.25, 0.3) is 0 Å². The Kier molecular flexibility index (Phi) is 10.2. The number of benzene rings is 2. The first kappa shape index (κ1) is 26.8. The molecule has 3 rings (SSSR count). The van der Waals surface area contributed by atoms with Crippen molar-refractivity contribution >= 4 is 24.5 Å². The molecule has 1 heterocycles. The number of carbonyl (C=O) groups excluding carboxylic acids is 2. The highest BCUT2D eigenvalue weighted by Gasteiger charge is 2.24. The van der Waals surface area contributed by atoms with Gasteiger partial charge in [0.1, 0.15) is 11.5 Å². The second kappa shape index (κ2) is 13.3. The van der Waals surface area contributed by atoms with Gasteiger partial charge in [0, 0.05) is 19.6 Å². The van der Waals surface area contributed by atoms with Gasteiger partial charge in [-0.15, -0.1) is 0 Å². The zero-order valence-corrected chi connectivity index (χ0v) is 20.9. The third-order valence-electron chi connectivity index (χ3n) is 5.43. The molecule has 35 heavy (non-hydrogen) atoms. The maximum atomic E-state index is 12.4. The van der Waals surface area contributed by atoms with Crippen LogP contribution in [0.15, 0.2) is 48.5 Å². The molecule has 1 fully saturated rings. The SMILES string of the molecule is CC(C)(C)CCC(=O)OCCCCOc1ccc(C(=O)Oc2ccc(B3OCCCO3)cc2)cc1. The number of hydrogen-bond donors (Lipinski definition) is 0. The van der Waals surface area contributed by atoms with Crippen LogP contribution in [0.4, 0.5) is 0 Å². The van der Waals surface area contributed by atoms with E-state index in [4.69, 9.17) is 23.5 Å². The zero-order valence-electron chi connectivity index (χ0n) is 20.9. The van der Waals surface area contributed by atoms with Crippen LogP contribution in [0.5, 0.6) is 11.5 Å². The molecule has 8 heteroatoms. The Labute approximate surface area is 208 Å². The van der Waals surface area contributed by atoms with Crippen LogP contribution in [0.1, 0.15) is 63.2 Å². The number of carbonyl (C=O) groups is 2. The van der Waals surface area contributed by atoms with Gasteiger partial charge < -0.3 is 23.5 Å². The minimum atomic E-state index is -0.442. The molecule has 0 amide bonds. The summed E-state index contributed by atoms with van der Waals surface area (Å²) in [6.07, 6.45) is 3.67. The van der Waals surface area contributed by atoms with Crippen molar-refractivity contribution in [1.29, 1.82) is 0 Å². The lowest BCUT2D eigenvalue weighted by atomic mass is 9.78. The molecule has 2 aromatic carbocycles. The summed E-state index contributed by atoms with van der Waals surface area (Å²) in [5.74, 6) is 0.531. The van der Waals surface area contributed by atoms with Crippen molar-refractivity contribution in [1.82, 2.24) is 0 Å². The lowest BCUT2D eigenvalue weighted by molar-refractivity contribution is -0.144. The highest BCUT2D eigenvalue weighted by Crippen LogP contribution is 2.21. The fraction of sp³-hybridized carbons (Fsp3) is 0.481. The third-order valence-corrected chi connectivity index (χ3v) is 5.43. The van der Waals surface area contributed by atoms with E-state index in [0.29, 0.717) is 49.9 Å². The molecule has 0 radical (unpaired) electrons. The van der Waals surface area contributed by atoms with Crippen LogP contribution >= 0.6 is 0 Å². The molecule has 188 valence electrons. The number of rotatable bonds is 11. The molecule has 1 aliphatic heterocycles. The maximum absolute atomic E-state index is 12.4. The van der Waals surface area contributed by atoms with Gasteiger partial charge in [-0.05, 0) is 73.0 Å². The van der Waals surface area contributed by atoms with Gasteiger partial charge in [0.25, 0.3) is 0 Å². The van der Waals surface area contributed by atoms with E-state index in [1.165, 1.54) is 0 Å². The van der Waals surface area contributed by atoms with E-state index >= 15 is 0 Å². The molecular weight excluding hydrogens is 447 g/mol. The van der Waals surface area contributed by atoms with Gasteiger partial charge >= 0.3 is 19.1 Å². The first-order valence-corrected chi connectivity index (χ1v) is 12.2. The Morgan fingerprint density at radius 1 is 0.886 bits per heavy atom. The predicted octanol–water partition coefficient (Wildman–Crippen LogP) is 4.57. The van der Waals surface area contributed by atoms with Crippen molar-refractivity contribution < 1.29 is 33.1 Å². The summed E-state index contributed by atoms with van der Waals surface area (Å²) in [7, 11) is -0.366. The van der Waals surface area contributed by atoms with Crippen molar-refractivity contribution in [3.63, 3.8) is 0 Å². The van der Waals surface area contributed by atoms with Crippen molar-refractivity contribution in [2.75, 3.05) is 26.4 Å². The molecule has 0 unspecified atom stereocenters. The first-order chi connectivity index (χ1) is 16.8. The van der Waals surface area contributed by atoms with Crippen LogP contribution in [-0.4, -0.2) is 45.5 Å². The minimum absolute atomic E-state index is 0.130. The van der Waals surface area contributed by atoms with E-state index in [0.717, 1.165) is 31.1 Å². The van der Waals surface area contributed by atoms with E-state index in [1.54, 1.807) is 36.4 Å². The van der Waals surface area contributed by atoms with E-state index in [-0.39, 0.29) is 18.5 Å². The Bertz CT molecular complexity index is 929. The van der Waals surface area contributed by atoms with Gasteiger partial charge in [0.15, 0.2) is 0 Å². The Morgan fingerprint density at radius 3 is 2.17 bits per heavy atom. The van der Waals surface area contributed by atoms with Crippen molar-refractivity contribution in [3.05, 3.63) is 54.1 Å².